The third-order valence-electron chi connectivity index (χ3n) is 5.19. The van der Waals surface area contributed by atoms with Crippen molar-refractivity contribution in [3.8, 4) is 11.5 Å². The van der Waals surface area contributed by atoms with Crippen LogP contribution in [-0.4, -0.2) is 0 Å². The number of rotatable bonds is 8. The standard InChI is InChI=1S/C28H28N2O/c1-21-7-11-23(12-8-21)19-29-25-15-17-26(18-16-25)31-28-6-4-3-5-27(28)30-20-24-13-9-22(2)10-14-24/h3-18,29-30H,19-20H2,1-2H3. The van der Waals surface area contributed by atoms with Crippen LogP contribution in [0.1, 0.15) is 22.3 Å². The zero-order chi connectivity index (χ0) is 21.5. The van der Waals surface area contributed by atoms with Crippen LogP contribution in [0, 0.1) is 13.8 Å². The first-order valence-corrected chi connectivity index (χ1v) is 10.6. The van der Waals surface area contributed by atoms with Crippen molar-refractivity contribution in [2.24, 2.45) is 0 Å². The molecule has 0 aliphatic rings. The van der Waals surface area contributed by atoms with Crippen molar-refractivity contribution in [1.82, 2.24) is 0 Å². The molecule has 0 radical (unpaired) electrons. The van der Waals surface area contributed by atoms with Crippen LogP contribution < -0.4 is 15.4 Å². The summed E-state index contributed by atoms with van der Waals surface area (Å²) in [4.78, 5) is 0. The van der Waals surface area contributed by atoms with Crippen molar-refractivity contribution in [2.75, 3.05) is 10.6 Å². The van der Waals surface area contributed by atoms with Gasteiger partial charge in [0.2, 0.25) is 0 Å². The molecular formula is C28H28N2O. The van der Waals surface area contributed by atoms with Crippen LogP contribution in [0.25, 0.3) is 0 Å². The lowest BCUT2D eigenvalue weighted by Gasteiger charge is -2.14. The van der Waals surface area contributed by atoms with Gasteiger partial charge in [-0.25, -0.2) is 0 Å². The van der Waals surface area contributed by atoms with Gasteiger partial charge in [-0.05, 0) is 61.4 Å². The van der Waals surface area contributed by atoms with Crippen LogP contribution in [-0.2, 0) is 13.1 Å². The average molecular weight is 409 g/mol. The number of aryl methyl sites for hydroxylation is 2. The highest BCUT2D eigenvalue weighted by molar-refractivity contribution is 5.58. The number of hydrogen-bond donors (Lipinski definition) is 2. The molecule has 0 saturated carbocycles. The van der Waals surface area contributed by atoms with Gasteiger partial charge in [0.05, 0.1) is 5.69 Å². The van der Waals surface area contributed by atoms with Crippen LogP contribution in [0.5, 0.6) is 11.5 Å². The highest BCUT2D eigenvalue weighted by Crippen LogP contribution is 2.30. The van der Waals surface area contributed by atoms with Gasteiger partial charge in [-0.15, -0.1) is 0 Å². The lowest BCUT2D eigenvalue weighted by atomic mass is 10.1. The summed E-state index contributed by atoms with van der Waals surface area (Å²) in [6.45, 7) is 5.75. The minimum Gasteiger partial charge on any atom is -0.455 e. The molecule has 3 heteroatoms. The van der Waals surface area contributed by atoms with Crippen LogP contribution in [0.4, 0.5) is 11.4 Å². The fraction of sp³-hybridized carbons (Fsp3) is 0.143. The summed E-state index contributed by atoms with van der Waals surface area (Å²) < 4.78 is 6.16. The van der Waals surface area contributed by atoms with Crippen LogP contribution in [0.2, 0.25) is 0 Å². The Morgan fingerprint density at radius 3 is 1.74 bits per heavy atom. The minimum atomic E-state index is 0.753. The van der Waals surface area contributed by atoms with E-state index >= 15 is 0 Å². The second-order valence-corrected chi connectivity index (χ2v) is 7.80. The molecule has 0 amide bonds. The number of anilines is 2. The monoisotopic (exact) mass is 408 g/mol. The first-order chi connectivity index (χ1) is 15.2. The molecule has 0 aliphatic carbocycles. The molecule has 0 unspecified atom stereocenters. The maximum Gasteiger partial charge on any atom is 0.150 e. The van der Waals surface area contributed by atoms with Crippen LogP contribution >= 0.6 is 0 Å². The van der Waals surface area contributed by atoms with E-state index in [9.17, 15) is 0 Å². The highest BCUT2D eigenvalue weighted by Gasteiger charge is 2.05. The van der Waals surface area contributed by atoms with Gasteiger partial charge in [-0.2, -0.15) is 0 Å². The number of para-hydroxylation sites is 2. The molecule has 0 spiro atoms. The topological polar surface area (TPSA) is 33.3 Å². The van der Waals surface area contributed by atoms with E-state index in [-0.39, 0.29) is 0 Å². The van der Waals surface area contributed by atoms with E-state index in [0.29, 0.717) is 0 Å². The number of benzene rings is 4. The van der Waals surface area contributed by atoms with Gasteiger partial charge in [0.15, 0.2) is 5.75 Å². The summed E-state index contributed by atoms with van der Waals surface area (Å²) >= 11 is 0. The minimum absolute atomic E-state index is 0.753. The van der Waals surface area contributed by atoms with E-state index in [0.717, 1.165) is 36.0 Å². The molecular weight excluding hydrogens is 380 g/mol. The van der Waals surface area contributed by atoms with Gasteiger partial charge in [0, 0.05) is 18.8 Å². The molecule has 0 heterocycles. The molecule has 0 saturated heterocycles. The van der Waals surface area contributed by atoms with Gasteiger partial charge in [-0.1, -0.05) is 71.8 Å². The Hall–Kier alpha value is -3.72. The molecule has 4 aromatic carbocycles. The summed E-state index contributed by atoms with van der Waals surface area (Å²) in [6, 6.07) is 33.3. The van der Waals surface area contributed by atoms with Crippen molar-refractivity contribution in [1.29, 1.82) is 0 Å². The molecule has 0 aromatic heterocycles. The summed E-state index contributed by atoms with van der Waals surface area (Å²) in [6.07, 6.45) is 0. The van der Waals surface area contributed by atoms with E-state index in [4.69, 9.17) is 4.74 Å². The lowest BCUT2D eigenvalue weighted by Crippen LogP contribution is -2.01. The van der Waals surface area contributed by atoms with Gasteiger partial charge >= 0.3 is 0 Å². The van der Waals surface area contributed by atoms with Crippen molar-refractivity contribution >= 4 is 11.4 Å². The Labute approximate surface area is 184 Å². The van der Waals surface area contributed by atoms with E-state index < -0.39 is 0 Å². The third kappa shape index (κ3) is 5.89. The Morgan fingerprint density at radius 1 is 0.581 bits per heavy atom. The van der Waals surface area contributed by atoms with Gasteiger partial charge in [0.1, 0.15) is 5.75 Å². The molecule has 2 N–H and O–H groups in total. The summed E-state index contributed by atoms with van der Waals surface area (Å²) in [5.74, 6) is 1.63. The number of hydrogen-bond acceptors (Lipinski definition) is 3. The molecule has 0 aliphatic heterocycles. The normalized spacial score (nSPS) is 10.5. The largest absolute Gasteiger partial charge is 0.455 e. The second kappa shape index (κ2) is 9.86. The van der Waals surface area contributed by atoms with Gasteiger partial charge < -0.3 is 15.4 Å². The molecule has 4 rings (SSSR count). The maximum absolute atomic E-state index is 6.16. The van der Waals surface area contributed by atoms with Crippen LogP contribution in [0.3, 0.4) is 0 Å². The Kier molecular flexibility index (Phi) is 6.53. The predicted octanol–water partition coefficient (Wildman–Crippen LogP) is 7.32. The SMILES string of the molecule is Cc1ccc(CNc2ccc(Oc3ccccc3NCc3ccc(C)cc3)cc2)cc1. The molecule has 3 nitrogen and oxygen atoms in total. The lowest BCUT2D eigenvalue weighted by molar-refractivity contribution is 0.484. The van der Waals surface area contributed by atoms with E-state index in [1.54, 1.807) is 0 Å². The smallest absolute Gasteiger partial charge is 0.150 e. The Balaban J connectivity index is 1.36. The van der Waals surface area contributed by atoms with E-state index in [1.165, 1.54) is 22.3 Å². The number of ether oxygens (including phenoxy) is 1. The number of nitrogens with one attached hydrogen (secondary N) is 2. The molecule has 0 bridgehead atoms. The summed E-state index contributed by atoms with van der Waals surface area (Å²) in [5.41, 5.74) is 7.09. The maximum atomic E-state index is 6.16. The third-order valence-corrected chi connectivity index (χ3v) is 5.19. The molecule has 4 aromatic rings. The van der Waals surface area contributed by atoms with E-state index in [1.807, 2.05) is 48.5 Å². The van der Waals surface area contributed by atoms with Crippen molar-refractivity contribution in [3.63, 3.8) is 0 Å². The summed E-state index contributed by atoms with van der Waals surface area (Å²) in [7, 11) is 0. The molecule has 0 fully saturated rings. The Morgan fingerprint density at radius 2 is 1.13 bits per heavy atom. The van der Waals surface area contributed by atoms with Gasteiger partial charge in [0.25, 0.3) is 0 Å². The summed E-state index contributed by atoms with van der Waals surface area (Å²) in [5, 5.41) is 6.94. The zero-order valence-electron chi connectivity index (χ0n) is 18.1. The molecule has 156 valence electrons. The average Bonchev–Trinajstić information content (AvgIpc) is 2.80. The Bertz CT molecular complexity index is 1100. The molecule has 31 heavy (non-hydrogen) atoms. The van der Waals surface area contributed by atoms with Crippen molar-refractivity contribution in [3.05, 3.63) is 119 Å². The fourth-order valence-corrected chi connectivity index (χ4v) is 3.28. The second-order valence-electron chi connectivity index (χ2n) is 7.80. The van der Waals surface area contributed by atoms with Gasteiger partial charge in [-0.3, -0.25) is 0 Å². The molecule has 0 atom stereocenters. The van der Waals surface area contributed by atoms with Crippen molar-refractivity contribution in [2.45, 2.75) is 26.9 Å². The first kappa shape index (κ1) is 20.5. The van der Waals surface area contributed by atoms with Crippen molar-refractivity contribution < 1.29 is 4.74 Å². The predicted molar refractivity (Wildman–Crippen MR) is 130 cm³/mol. The quantitative estimate of drug-likeness (QED) is 0.320. The first-order valence-electron chi connectivity index (χ1n) is 10.6. The zero-order valence-corrected chi connectivity index (χ0v) is 18.1. The highest BCUT2D eigenvalue weighted by atomic mass is 16.5. The van der Waals surface area contributed by atoms with Crippen LogP contribution in [0.15, 0.2) is 97.1 Å². The van der Waals surface area contributed by atoms with E-state index in [2.05, 4.69) is 73.0 Å². The fourth-order valence-electron chi connectivity index (χ4n) is 3.28.